The Labute approximate surface area is 203 Å². The first-order valence-corrected chi connectivity index (χ1v) is 13.7. The Morgan fingerprint density at radius 3 is 2.38 bits per heavy atom. The summed E-state index contributed by atoms with van der Waals surface area (Å²) in [7, 11) is 0. The molecule has 3 fully saturated rings. The number of nitrogens with two attached hydrogens (primary N) is 1. The third-order valence-electron chi connectivity index (χ3n) is 7.61. The molecule has 1 saturated carbocycles. The maximum absolute atomic E-state index is 4.75. The molecule has 2 aliphatic heterocycles. The van der Waals surface area contributed by atoms with Gasteiger partial charge in [-0.2, -0.15) is 4.37 Å². The van der Waals surface area contributed by atoms with Crippen LogP contribution in [-0.2, 0) is 0 Å². The summed E-state index contributed by atoms with van der Waals surface area (Å²) in [5.41, 5.74) is 5.62. The fourth-order valence-corrected chi connectivity index (χ4v) is 6.53. The van der Waals surface area contributed by atoms with E-state index >= 15 is 0 Å². The lowest BCUT2D eigenvalue weighted by molar-refractivity contribution is 0.109. The summed E-state index contributed by atoms with van der Waals surface area (Å²) < 4.78 is 6.06. The third-order valence-corrected chi connectivity index (χ3v) is 8.42. The van der Waals surface area contributed by atoms with Crippen molar-refractivity contribution in [1.82, 2.24) is 14.2 Å². The van der Waals surface area contributed by atoms with Crippen molar-refractivity contribution in [2.75, 3.05) is 50.7 Å². The highest BCUT2D eigenvalue weighted by Gasteiger charge is 2.27. The molecule has 1 aliphatic carbocycles. The second-order valence-electron chi connectivity index (χ2n) is 9.53. The lowest BCUT2D eigenvalue weighted by Crippen LogP contribution is -2.47. The SMILES string of the molecule is NC=S.c1ccc2c(N3CCN(CC[C@H]4CC[C@@H](N5CCCCC5)CC4)CC3)nsc2c1. The summed E-state index contributed by atoms with van der Waals surface area (Å²) in [4.78, 5) is 8.00. The zero-order valence-electron chi connectivity index (χ0n) is 19.3. The summed E-state index contributed by atoms with van der Waals surface area (Å²) in [5.74, 6) is 2.18. The molecular formula is C25H39N5S2. The maximum atomic E-state index is 4.75. The minimum atomic E-state index is 0.906. The number of nitrogens with zero attached hydrogens (tertiary/aromatic N) is 4. The number of anilines is 1. The monoisotopic (exact) mass is 473 g/mol. The van der Waals surface area contributed by atoms with E-state index in [0.29, 0.717) is 0 Å². The number of hydrogen-bond donors (Lipinski definition) is 1. The Balaban J connectivity index is 0.000000775. The summed E-state index contributed by atoms with van der Waals surface area (Å²) in [6.07, 6.45) is 11.6. The van der Waals surface area contributed by atoms with Crippen molar-refractivity contribution >= 4 is 45.1 Å². The zero-order chi connectivity index (χ0) is 22.2. The van der Waals surface area contributed by atoms with E-state index in [1.165, 1.54) is 100.0 Å². The van der Waals surface area contributed by atoms with E-state index in [9.17, 15) is 0 Å². The van der Waals surface area contributed by atoms with Gasteiger partial charge in [0, 0.05) is 37.6 Å². The molecule has 7 heteroatoms. The van der Waals surface area contributed by atoms with Gasteiger partial charge in [-0.25, -0.2) is 0 Å². The van der Waals surface area contributed by atoms with E-state index < -0.39 is 0 Å². The van der Waals surface area contributed by atoms with Gasteiger partial charge in [0.15, 0.2) is 0 Å². The van der Waals surface area contributed by atoms with Crippen LogP contribution in [0.2, 0.25) is 0 Å². The molecule has 3 aliphatic rings. The van der Waals surface area contributed by atoms with Crippen LogP contribution >= 0.6 is 23.8 Å². The van der Waals surface area contributed by atoms with Crippen LogP contribution in [0.5, 0.6) is 0 Å². The Kier molecular flexibility index (Phi) is 9.14. The molecule has 176 valence electrons. The van der Waals surface area contributed by atoms with Gasteiger partial charge in [-0.15, -0.1) is 0 Å². The van der Waals surface area contributed by atoms with Crippen molar-refractivity contribution in [3.63, 3.8) is 0 Å². The van der Waals surface area contributed by atoms with Gasteiger partial charge in [0.25, 0.3) is 0 Å². The molecule has 5 rings (SSSR count). The molecule has 1 aromatic heterocycles. The normalized spacial score (nSPS) is 25.3. The van der Waals surface area contributed by atoms with Crippen LogP contribution < -0.4 is 10.6 Å². The lowest BCUT2D eigenvalue weighted by Gasteiger charge is -2.40. The highest BCUT2D eigenvalue weighted by atomic mass is 32.1. The molecule has 0 atom stereocenters. The van der Waals surface area contributed by atoms with Gasteiger partial charge in [0.2, 0.25) is 0 Å². The van der Waals surface area contributed by atoms with E-state index in [2.05, 4.69) is 56.9 Å². The number of piperazine rings is 1. The van der Waals surface area contributed by atoms with Gasteiger partial charge in [-0.05, 0) is 94.2 Å². The summed E-state index contributed by atoms with van der Waals surface area (Å²) in [6.45, 7) is 8.65. The molecule has 0 amide bonds. The largest absolute Gasteiger partial charge is 0.396 e. The topological polar surface area (TPSA) is 48.6 Å². The van der Waals surface area contributed by atoms with Crippen LogP contribution in [0.3, 0.4) is 0 Å². The highest BCUT2D eigenvalue weighted by molar-refractivity contribution is 7.78. The number of benzene rings is 1. The van der Waals surface area contributed by atoms with E-state index in [1.54, 1.807) is 11.5 Å². The van der Waals surface area contributed by atoms with Crippen molar-refractivity contribution in [2.24, 2.45) is 11.7 Å². The van der Waals surface area contributed by atoms with E-state index in [-0.39, 0.29) is 0 Å². The van der Waals surface area contributed by atoms with E-state index in [1.807, 2.05) is 0 Å². The van der Waals surface area contributed by atoms with Crippen molar-refractivity contribution in [1.29, 1.82) is 0 Å². The van der Waals surface area contributed by atoms with Gasteiger partial charge in [-0.1, -0.05) is 30.8 Å². The standard InChI is InChI=1S/C24H36N4S.CH3NS/c1-4-13-27(14-5-1)21-10-8-20(9-11-21)12-15-26-16-18-28(19-17-26)24-22-6-2-3-7-23(22)29-25-24;2-1-3/h2-3,6-7,20-21H,1,4-5,8-19H2;1H,(H2,2,3)/t20-,21+;. The van der Waals surface area contributed by atoms with Crippen LogP contribution in [-0.4, -0.2) is 71.5 Å². The average molecular weight is 474 g/mol. The molecule has 1 aromatic carbocycles. The minimum Gasteiger partial charge on any atom is -0.396 e. The molecule has 0 spiro atoms. The van der Waals surface area contributed by atoms with Crippen LogP contribution in [0.1, 0.15) is 51.4 Å². The Morgan fingerprint density at radius 1 is 0.969 bits per heavy atom. The predicted octanol–water partition coefficient (Wildman–Crippen LogP) is 4.76. The number of fused-ring (bicyclic) bond motifs is 1. The summed E-state index contributed by atoms with van der Waals surface area (Å²) >= 11 is 5.69. The van der Waals surface area contributed by atoms with Gasteiger partial charge in [-0.3, -0.25) is 4.90 Å². The van der Waals surface area contributed by atoms with Crippen LogP contribution in [0.4, 0.5) is 5.82 Å². The van der Waals surface area contributed by atoms with Gasteiger partial charge in [0.05, 0.1) is 10.2 Å². The minimum absolute atomic E-state index is 0.906. The molecule has 2 aromatic rings. The van der Waals surface area contributed by atoms with Crippen LogP contribution in [0.15, 0.2) is 24.3 Å². The number of piperidine rings is 1. The van der Waals surface area contributed by atoms with Crippen molar-refractivity contribution < 1.29 is 0 Å². The van der Waals surface area contributed by atoms with Gasteiger partial charge >= 0.3 is 0 Å². The smallest absolute Gasteiger partial charge is 0.150 e. The zero-order valence-corrected chi connectivity index (χ0v) is 21.0. The Morgan fingerprint density at radius 2 is 1.66 bits per heavy atom. The molecular weight excluding hydrogens is 434 g/mol. The van der Waals surface area contributed by atoms with Crippen molar-refractivity contribution in [3.05, 3.63) is 24.3 Å². The first-order valence-electron chi connectivity index (χ1n) is 12.5. The first-order chi connectivity index (χ1) is 15.8. The van der Waals surface area contributed by atoms with Crippen molar-refractivity contribution in [2.45, 2.75) is 57.4 Å². The second kappa shape index (κ2) is 12.3. The summed E-state index contributed by atoms with van der Waals surface area (Å²) in [6, 6.07) is 9.56. The maximum Gasteiger partial charge on any atom is 0.150 e. The molecule has 3 heterocycles. The van der Waals surface area contributed by atoms with Gasteiger partial charge < -0.3 is 15.5 Å². The molecule has 2 saturated heterocycles. The number of hydrogen-bond acceptors (Lipinski definition) is 6. The van der Waals surface area contributed by atoms with Crippen LogP contribution in [0.25, 0.3) is 10.1 Å². The van der Waals surface area contributed by atoms with Gasteiger partial charge in [0.1, 0.15) is 5.82 Å². The number of thiocarbonyl (C=S) groups is 1. The lowest BCUT2D eigenvalue weighted by atomic mass is 9.83. The number of aromatic nitrogens is 1. The quantitative estimate of drug-likeness (QED) is 0.632. The fraction of sp³-hybridized carbons (Fsp3) is 0.680. The number of likely N-dealkylation sites (tertiary alicyclic amines) is 1. The molecule has 5 nitrogen and oxygen atoms in total. The van der Waals surface area contributed by atoms with Crippen LogP contribution in [0, 0.1) is 5.92 Å². The predicted molar refractivity (Wildman–Crippen MR) is 142 cm³/mol. The second-order valence-corrected chi connectivity index (χ2v) is 10.6. The first kappa shape index (κ1) is 23.9. The Hall–Kier alpha value is -1.28. The molecule has 32 heavy (non-hydrogen) atoms. The molecule has 0 unspecified atom stereocenters. The van der Waals surface area contributed by atoms with E-state index in [0.717, 1.165) is 30.5 Å². The molecule has 0 bridgehead atoms. The molecule has 0 radical (unpaired) electrons. The van der Waals surface area contributed by atoms with Crippen molar-refractivity contribution in [3.8, 4) is 0 Å². The third kappa shape index (κ3) is 6.19. The fourth-order valence-electron chi connectivity index (χ4n) is 5.73. The van der Waals surface area contributed by atoms with E-state index in [4.69, 9.17) is 4.37 Å². The molecule has 2 N–H and O–H groups in total. The average Bonchev–Trinajstić information content (AvgIpc) is 3.29. The Bertz CT molecular complexity index is 819. The summed E-state index contributed by atoms with van der Waals surface area (Å²) in [5, 5.41) is 1.33. The highest BCUT2D eigenvalue weighted by Crippen LogP contribution is 2.32. The number of rotatable bonds is 5.